The van der Waals surface area contributed by atoms with Gasteiger partial charge in [0.25, 0.3) is 0 Å². The van der Waals surface area contributed by atoms with E-state index in [1.165, 1.54) is 0 Å². The van der Waals surface area contributed by atoms with Crippen molar-refractivity contribution in [3.05, 3.63) is 29.8 Å². The lowest BCUT2D eigenvalue weighted by Gasteiger charge is -2.31. The molecule has 22 heavy (non-hydrogen) atoms. The molecule has 0 saturated carbocycles. The highest BCUT2D eigenvalue weighted by Gasteiger charge is 2.29. The topological polar surface area (TPSA) is 29.5 Å². The lowest BCUT2D eigenvalue weighted by atomic mass is 10.1. The summed E-state index contributed by atoms with van der Waals surface area (Å²) < 4.78 is 53.2. The summed E-state index contributed by atoms with van der Waals surface area (Å²) in [4.78, 5) is 2.10. The summed E-state index contributed by atoms with van der Waals surface area (Å²) >= 11 is 0. The van der Waals surface area contributed by atoms with Crippen LogP contribution in [0.25, 0.3) is 0 Å². The summed E-state index contributed by atoms with van der Waals surface area (Å²) in [5, 5.41) is 0. The zero-order valence-corrected chi connectivity index (χ0v) is 13.3. The summed E-state index contributed by atoms with van der Waals surface area (Å²) in [7, 11) is 1.23. The number of alkyl halides is 3. The van der Waals surface area contributed by atoms with Crippen molar-refractivity contribution in [2.45, 2.75) is 31.6 Å². The number of hydrogen-bond donors (Lipinski definition) is 0. The Bertz CT molecular complexity index is 512. The fraction of sp³-hybridized carbons (Fsp3) is 0.600. The molecule has 0 amide bonds. The quantitative estimate of drug-likeness (QED) is 0.828. The normalized spacial score (nSPS) is 22.8. The number of benzene rings is 1. The van der Waals surface area contributed by atoms with Crippen LogP contribution in [0.1, 0.15) is 18.4 Å². The van der Waals surface area contributed by atoms with Gasteiger partial charge in [0.1, 0.15) is 5.75 Å². The molecule has 1 aliphatic rings. The average molecular weight is 335 g/mol. The fourth-order valence-corrected chi connectivity index (χ4v) is 3.83. The highest BCUT2D eigenvalue weighted by atomic mass is 32.2. The Labute approximate surface area is 130 Å². The Morgan fingerprint density at radius 1 is 1.27 bits per heavy atom. The van der Waals surface area contributed by atoms with Crippen molar-refractivity contribution in [3.8, 4) is 5.75 Å². The van der Waals surface area contributed by atoms with Crippen molar-refractivity contribution in [2.24, 2.45) is 0 Å². The van der Waals surface area contributed by atoms with Gasteiger partial charge in [-0.05, 0) is 26.0 Å². The summed E-state index contributed by atoms with van der Waals surface area (Å²) in [6.07, 6.45) is -2.63. The van der Waals surface area contributed by atoms with Crippen molar-refractivity contribution in [3.63, 3.8) is 0 Å². The first-order valence-electron chi connectivity index (χ1n) is 7.18. The molecule has 0 atom stereocenters. The van der Waals surface area contributed by atoms with Crippen LogP contribution in [-0.4, -0.2) is 46.5 Å². The number of rotatable bonds is 5. The first-order chi connectivity index (χ1) is 10.3. The van der Waals surface area contributed by atoms with E-state index < -0.39 is 23.6 Å². The van der Waals surface area contributed by atoms with Gasteiger partial charge >= 0.3 is 6.18 Å². The molecule has 7 heteroatoms. The summed E-state index contributed by atoms with van der Waals surface area (Å²) in [5.41, 5.74) is 0.737. The van der Waals surface area contributed by atoms with Crippen molar-refractivity contribution >= 4 is 10.8 Å². The van der Waals surface area contributed by atoms with Gasteiger partial charge in [0, 0.05) is 40.5 Å². The molecule has 0 bridgehead atoms. The second-order valence-corrected chi connectivity index (χ2v) is 7.20. The monoisotopic (exact) mass is 335 g/mol. The van der Waals surface area contributed by atoms with Crippen LogP contribution in [0.15, 0.2) is 24.3 Å². The van der Waals surface area contributed by atoms with Crippen LogP contribution in [-0.2, 0) is 17.3 Å². The van der Waals surface area contributed by atoms with Crippen LogP contribution < -0.4 is 4.74 Å². The zero-order valence-electron chi connectivity index (χ0n) is 12.4. The number of ether oxygens (including phenoxy) is 1. The first-order valence-corrected chi connectivity index (χ1v) is 8.66. The maximum Gasteiger partial charge on any atom is 0.422 e. The number of hydrogen-bond acceptors (Lipinski definition) is 3. The van der Waals surface area contributed by atoms with Crippen molar-refractivity contribution in [2.75, 3.05) is 25.2 Å². The maximum atomic E-state index is 12.3. The summed E-state index contributed by atoms with van der Waals surface area (Å²) in [6, 6.07) is 7.11. The first kappa shape index (κ1) is 17.3. The minimum absolute atomic E-state index is 0.270. The Kier molecular flexibility index (Phi) is 5.86. The molecule has 0 unspecified atom stereocenters. The largest absolute Gasteiger partial charge is 0.484 e. The molecule has 1 aromatic carbocycles. The molecule has 3 nitrogen and oxygen atoms in total. The van der Waals surface area contributed by atoms with E-state index in [2.05, 4.69) is 4.90 Å². The SMILES string of the molecule is CN(Cc1ccccc1OCC(F)(F)F)C1CCS(=O)CC1. The van der Waals surface area contributed by atoms with Gasteiger partial charge in [-0.1, -0.05) is 18.2 Å². The molecule has 2 rings (SSSR count). The summed E-state index contributed by atoms with van der Waals surface area (Å²) in [6.45, 7) is -0.762. The lowest BCUT2D eigenvalue weighted by molar-refractivity contribution is -0.153. The van der Waals surface area contributed by atoms with E-state index in [1.54, 1.807) is 24.3 Å². The van der Waals surface area contributed by atoms with Crippen LogP contribution in [0.5, 0.6) is 5.75 Å². The molecular formula is C15H20F3NO2S. The molecular weight excluding hydrogens is 315 g/mol. The highest BCUT2D eigenvalue weighted by molar-refractivity contribution is 7.85. The van der Waals surface area contributed by atoms with Gasteiger partial charge in [-0.3, -0.25) is 9.11 Å². The molecule has 0 spiro atoms. The fourth-order valence-electron chi connectivity index (χ4n) is 2.55. The molecule has 124 valence electrons. The van der Waals surface area contributed by atoms with E-state index in [0.29, 0.717) is 24.1 Å². The second-order valence-electron chi connectivity index (χ2n) is 5.51. The number of halogens is 3. The van der Waals surface area contributed by atoms with Gasteiger partial charge in [-0.15, -0.1) is 0 Å². The van der Waals surface area contributed by atoms with Crippen molar-refractivity contribution in [1.82, 2.24) is 4.90 Å². The smallest absolute Gasteiger partial charge is 0.422 e. The molecule has 0 aromatic heterocycles. The van der Waals surface area contributed by atoms with E-state index >= 15 is 0 Å². The minimum Gasteiger partial charge on any atom is -0.484 e. The molecule has 1 aliphatic heterocycles. The summed E-state index contributed by atoms with van der Waals surface area (Å²) in [5.74, 6) is 1.66. The van der Waals surface area contributed by atoms with Crippen LogP contribution >= 0.6 is 0 Å². The van der Waals surface area contributed by atoms with Gasteiger partial charge in [0.2, 0.25) is 0 Å². The predicted octanol–water partition coefficient (Wildman–Crippen LogP) is 2.97. The Balaban J connectivity index is 1.98. The van der Waals surface area contributed by atoms with E-state index in [9.17, 15) is 17.4 Å². The molecule has 0 aliphatic carbocycles. The molecule has 1 heterocycles. The van der Waals surface area contributed by atoms with Crippen LogP contribution in [0, 0.1) is 0 Å². The third-order valence-corrected chi connectivity index (χ3v) is 5.15. The van der Waals surface area contributed by atoms with Gasteiger partial charge < -0.3 is 4.74 Å². The number of nitrogens with zero attached hydrogens (tertiary/aromatic N) is 1. The van der Waals surface area contributed by atoms with Gasteiger partial charge in [0.15, 0.2) is 6.61 Å². The Morgan fingerprint density at radius 3 is 2.55 bits per heavy atom. The van der Waals surface area contributed by atoms with E-state index in [-0.39, 0.29) is 5.75 Å². The number of para-hydroxylation sites is 1. The molecule has 0 N–H and O–H groups in total. The van der Waals surface area contributed by atoms with Crippen LogP contribution in [0.3, 0.4) is 0 Å². The van der Waals surface area contributed by atoms with Crippen LogP contribution in [0.2, 0.25) is 0 Å². The van der Waals surface area contributed by atoms with E-state index in [1.807, 2.05) is 7.05 Å². The van der Waals surface area contributed by atoms with E-state index in [0.717, 1.165) is 18.4 Å². The van der Waals surface area contributed by atoms with Gasteiger partial charge in [-0.25, -0.2) is 0 Å². The molecule has 1 fully saturated rings. The predicted molar refractivity (Wildman–Crippen MR) is 80.4 cm³/mol. The molecule has 1 aromatic rings. The third-order valence-electron chi connectivity index (χ3n) is 3.76. The van der Waals surface area contributed by atoms with Crippen molar-refractivity contribution < 1.29 is 22.1 Å². The van der Waals surface area contributed by atoms with Crippen LogP contribution in [0.4, 0.5) is 13.2 Å². The van der Waals surface area contributed by atoms with E-state index in [4.69, 9.17) is 4.74 Å². The minimum atomic E-state index is -4.34. The highest BCUT2D eigenvalue weighted by Crippen LogP contribution is 2.25. The second kappa shape index (κ2) is 7.46. The average Bonchev–Trinajstić information content (AvgIpc) is 2.46. The van der Waals surface area contributed by atoms with Gasteiger partial charge in [0.05, 0.1) is 0 Å². The molecule has 1 saturated heterocycles. The third kappa shape index (κ3) is 5.28. The molecule has 0 radical (unpaired) electrons. The standard InChI is InChI=1S/C15H20F3NO2S/c1-19(13-6-8-22(20)9-7-13)10-12-4-2-3-5-14(12)21-11-15(16,17)18/h2-5,13H,6-11H2,1H3. The Hall–Kier alpha value is -1.08. The maximum absolute atomic E-state index is 12.3. The van der Waals surface area contributed by atoms with Crippen molar-refractivity contribution in [1.29, 1.82) is 0 Å². The lowest BCUT2D eigenvalue weighted by Crippen LogP contribution is -2.37. The Morgan fingerprint density at radius 2 is 1.91 bits per heavy atom. The van der Waals surface area contributed by atoms with Gasteiger partial charge in [-0.2, -0.15) is 13.2 Å². The zero-order chi connectivity index (χ0) is 16.2.